The van der Waals surface area contributed by atoms with Gasteiger partial charge in [0.1, 0.15) is 6.61 Å². The molecule has 0 aromatic rings. The summed E-state index contributed by atoms with van der Waals surface area (Å²) in [6, 6.07) is 0. The molecule has 4 nitrogen and oxygen atoms in total. The van der Waals surface area contributed by atoms with Crippen LogP contribution in [0.3, 0.4) is 0 Å². The van der Waals surface area contributed by atoms with Crippen LogP contribution in [0.2, 0.25) is 0 Å². The van der Waals surface area contributed by atoms with Crippen molar-refractivity contribution in [2.75, 3.05) is 13.7 Å². The van der Waals surface area contributed by atoms with Gasteiger partial charge in [-0.1, -0.05) is 17.9 Å². The zero-order chi connectivity index (χ0) is 15.2. The molecule has 0 unspecified atom stereocenters. The van der Waals surface area contributed by atoms with Gasteiger partial charge in [-0.05, 0) is 43.9 Å². The molecular weight excluding hydrogens is 256 g/mol. The fourth-order valence-corrected chi connectivity index (χ4v) is 0.796. The number of esters is 2. The third-order valence-corrected chi connectivity index (χ3v) is 1.98. The number of ether oxygens (including phenoxy) is 2. The molecule has 0 saturated carbocycles. The summed E-state index contributed by atoms with van der Waals surface area (Å²) >= 11 is 0. The fraction of sp³-hybridized carbons (Fsp3) is 0.250. The highest BCUT2D eigenvalue weighted by Crippen LogP contribution is 1.95. The Kier molecular flexibility index (Phi) is 9.83. The predicted octanol–water partition coefficient (Wildman–Crippen LogP) is 1.79. The van der Waals surface area contributed by atoms with Crippen LogP contribution in [-0.2, 0) is 19.1 Å². The van der Waals surface area contributed by atoms with Gasteiger partial charge in [-0.25, -0.2) is 9.59 Å². The van der Waals surface area contributed by atoms with E-state index < -0.39 is 5.97 Å². The molecule has 0 fully saturated rings. The molecule has 0 heterocycles. The lowest BCUT2D eigenvalue weighted by Crippen LogP contribution is -2.05. The molecule has 0 bridgehead atoms. The number of carbonyl (C=O) groups excluding carboxylic acids is 2. The normalized spacial score (nSPS) is 10.4. The minimum absolute atomic E-state index is 0.161. The van der Waals surface area contributed by atoms with E-state index in [2.05, 4.69) is 28.4 Å². The molecule has 0 rings (SSSR count). The van der Waals surface area contributed by atoms with Crippen LogP contribution in [0, 0.1) is 23.7 Å². The lowest BCUT2D eigenvalue weighted by molar-refractivity contribution is -0.138. The van der Waals surface area contributed by atoms with Crippen molar-refractivity contribution in [1.29, 1.82) is 0 Å². The van der Waals surface area contributed by atoms with Crippen molar-refractivity contribution in [2.45, 2.75) is 13.8 Å². The summed E-state index contributed by atoms with van der Waals surface area (Å²) in [5.74, 6) is 9.44. The molecule has 0 spiro atoms. The van der Waals surface area contributed by atoms with E-state index in [-0.39, 0.29) is 12.6 Å². The maximum absolute atomic E-state index is 11.2. The standard InChI is InChI=1S/C16H16O4/c1-4-14(2)16(18)20-13-11-9-7-5-6-8-10-12-15(17)19-3/h4,9-12H,13H2,1-3H3/b11-9-,12-10-,14-4-. The van der Waals surface area contributed by atoms with Gasteiger partial charge in [-0.2, -0.15) is 0 Å². The lowest BCUT2D eigenvalue weighted by atomic mass is 10.3. The first-order valence-electron chi connectivity index (χ1n) is 5.82. The maximum Gasteiger partial charge on any atom is 0.333 e. The fourth-order valence-electron chi connectivity index (χ4n) is 0.796. The van der Waals surface area contributed by atoms with Crippen molar-refractivity contribution in [2.24, 2.45) is 0 Å². The molecule has 0 amide bonds. The molecule has 0 aromatic heterocycles. The summed E-state index contributed by atoms with van der Waals surface area (Å²) in [7, 11) is 1.29. The summed E-state index contributed by atoms with van der Waals surface area (Å²) in [5.41, 5.74) is 0.563. The summed E-state index contributed by atoms with van der Waals surface area (Å²) in [6.07, 6.45) is 7.39. The highest BCUT2D eigenvalue weighted by atomic mass is 16.5. The number of hydrogen-bond acceptors (Lipinski definition) is 4. The SMILES string of the molecule is C/C=C(/C)C(=O)OC/C=C\C#CC#C/C=C\C(=O)OC. The minimum atomic E-state index is -0.467. The van der Waals surface area contributed by atoms with Gasteiger partial charge in [0.15, 0.2) is 0 Å². The van der Waals surface area contributed by atoms with E-state index in [9.17, 15) is 9.59 Å². The van der Waals surface area contributed by atoms with Crippen LogP contribution in [-0.4, -0.2) is 25.7 Å². The van der Waals surface area contributed by atoms with Gasteiger partial charge >= 0.3 is 11.9 Å². The highest BCUT2D eigenvalue weighted by molar-refractivity contribution is 5.87. The third kappa shape index (κ3) is 9.32. The quantitative estimate of drug-likeness (QED) is 0.445. The molecular formula is C16H16O4. The topological polar surface area (TPSA) is 52.6 Å². The van der Waals surface area contributed by atoms with Crippen LogP contribution in [0.4, 0.5) is 0 Å². The van der Waals surface area contributed by atoms with Crippen LogP contribution in [0.15, 0.2) is 36.0 Å². The summed E-state index contributed by atoms with van der Waals surface area (Å²) < 4.78 is 9.30. The van der Waals surface area contributed by atoms with Gasteiger partial charge in [-0.15, -0.1) is 0 Å². The number of allylic oxidation sites excluding steroid dienone is 3. The van der Waals surface area contributed by atoms with Gasteiger partial charge < -0.3 is 9.47 Å². The first-order chi connectivity index (χ1) is 9.61. The van der Waals surface area contributed by atoms with Gasteiger partial charge in [0.25, 0.3) is 0 Å². The van der Waals surface area contributed by atoms with Crippen molar-refractivity contribution in [3.63, 3.8) is 0 Å². The van der Waals surface area contributed by atoms with Crippen molar-refractivity contribution in [3.05, 3.63) is 36.0 Å². The Balaban J connectivity index is 4.02. The first-order valence-corrected chi connectivity index (χ1v) is 5.82. The molecule has 0 radical (unpaired) electrons. The summed E-state index contributed by atoms with van der Waals surface area (Å²) in [5, 5.41) is 0. The third-order valence-electron chi connectivity index (χ3n) is 1.98. The molecule has 20 heavy (non-hydrogen) atoms. The first kappa shape index (κ1) is 17.3. The second-order valence-corrected chi connectivity index (χ2v) is 3.37. The van der Waals surface area contributed by atoms with Crippen LogP contribution < -0.4 is 0 Å². The van der Waals surface area contributed by atoms with Gasteiger partial charge in [0, 0.05) is 11.6 Å². The van der Waals surface area contributed by atoms with E-state index in [1.807, 2.05) is 0 Å². The Morgan fingerprint density at radius 1 is 1.15 bits per heavy atom. The maximum atomic E-state index is 11.2. The van der Waals surface area contributed by atoms with Crippen LogP contribution in [0.1, 0.15) is 13.8 Å². The smallest absolute Gasteiger partial charge is 0.333 e. The molecule has 0 aliphatic heterocycles. The van der Waals surface area contributed by atoms with E-state index in [1.54, 1.807) is 26.0 Å². The van der Waals surface area contributed by atoms with Crippen LogP contribution >= 0.6 is 0 Å². The van der Waals surface area contributed by atoms with Crippen molar-refractivity contribution >= 4 is 11.9 Å². The van der Waals surface area contributed by atoms with Crippen LogP contribution in [0.25, 0.3) is 0 Å². The summed E-state index contributed by atoms with van der Waals surface area (Å²) in [6.45, 7) is 3.61. The number of carbonyl (C=O) groups is 2. The van der Waals surface area contributed by atoms with Crippen molar-refractivity contribution < 1.29 is 19.1 Å². The lowest BCUT2D eigenvalue weighted by Gasteiger charge is -1.99. The van der Waals surface area contributed by atoms with E-state index in [0.717, 1.165) is 0 Å². The Hall–Kier alpha value is -2.72. The van der Waals surface area contributed by atoms with Crippen molar-refractivity contribution in [1.82, 2.24) is 0 Å². The monoisotopic (exact) mass is 272 g/mol. The molecule has 0 saturated heterocycles. The zero-order valence-corrected chi connectivity index (χ0v) is 11.7. The second-order valence-electron chi connectivity index (χ2n) is 3.37. The highest BCUT2D eigenvalue weighted by Gasteiger charge is 2.01. The number of rotatable bonds is 4. The van der Waals surface area contributed by atoms with Crippen LogP contribution in [0.5, 0.6) is 0 Å². The molecule has 0 aliphatic carbocycles. The second kappa shape index (κ2) is 11.4. The summed E-state index contributed by atoms with van der Waals surface area (Å²) in [4.78, 5) is 21.9. The van der Waals surface area contributed by atoms with E-state index in [4.69, 9.17) is 4.74 Å². The minimum Gasteiger partial charge on any atom is -0.466 e. The molecule has 0 N–H and O–H groups in total. The largest absolute Gasteiger partial charge is 0.466 e. The zero-order valence-electron chi connectivity index (χ0n) is 11.7. The average Bonchev–Trinajstić information content (AvgIpc) is 2.47. The average molecular weight is 272 g/mol. The Bertz CT molecular complexity index is 542. The number of methoxy groups -OCH3 is 1. The van der Waals surface area contributed by atoms with E-state index in [0.29, 0.717) is 5.57 Å². The Labute approximate surface area is 119 Å². The van der Waals surface area contributed by atoms with Gasteiger partial charge in [-0.3, -0.25) is 0 Å². The van der Waals surface area contributed by atoms with Gasteiger partial charge in [0.05, 0.1) is 7.11 Å². The number of hydrogen-bond donors (Lipinski definition) is 0. The van der Waals surface area contributed by atoms with E-state index in [1.165, 1.54) is 25.3 Å². The Morgan fingerprint density at radius 2 is 1.80 bits per heavy atom. The molecule has 0 atom stereocenters. The molecule has 0 aromatic carbocycles. The Morgan fingerprint density at radius 3 is 2.40 bits per heavy atom. The molecule has 4 heteroatoms. The molecule has 104 valence electrons. The van der Waals surface area contributed by atoms with Crippen molar-refractivity contribution in [3.8, 4) is 23.7 Å². The molecule has 0 aliphatic rings. The predicted molar refractivity (Wildman–Crippen MR) is 76.2 cm³/mol. The van der Waals surface area contributed by atoms with E-state index >= 15 is 0 Å². The van der Waals surface area contributed by atoms with Gasteiger partial charge in [0.2, 0.25) is 0 Å².